The lowest BCUT2D eigenvalue weighted by atomic mass is 10.0. The highest BCUT2D eigenvalue weighted by atomic mass is 35.5. The summed E-state index contributed by atoms with van der Waals surface area (Å²) in [6.45, 7) is 0. The lowest BCUT2D eigenvalue weighted by Gasteiger charge is -2.07. The van der Waals surface area contributed by atoms with Gasteiger partial charge in [0.15, 0.2) is 0 Å². The minimum absolute atomic E-state index is 0.320. The molecular formula is C13H11ClN2O. The van der Waals surface area contributed by atoms with Gasteiger partial charge in [-0.3, -0.25) is 4.79 Å². The highest BCUT2D eigenvalue weighted by Crippen LogP contribution is 2.29. The van der Waals surface area contributed by atoms with Gasteiger partial charge >= 0.3 is 0 Å². The number of hydrogen-bond acceptors (Lipinski definition) is 2. The molecule has 0 spiro atoms. The van der Waals surface area contributed by atoms with E-state index in [1.807, 2.05) is 18.2 Å². The van der Waals surface area contributed by atoms with Crippen LogP contribution in [0.1, 0.15) is 10.4 Å². The van der Waals surface area contributed by atoms with Crippen LogP contribution in [-0.2, 0) is 0 Å². The largest absolute Gasteiger partial charge is 0.398 e. The zero-order chi connectivity index (χ0) is 12.4. The number of rotatable bonds is 2. The third-order valence-corrected chi connectivity index (χ3v) is 2.83. The summed E-state index contributed by atoms with van der Waals surface area (Å²) in [4.78, 5) is 11.1. The van der Waals surface area contributed by atoms with E-state index in [0.717, 1.165) is 11.1 Å². The van der Waals surface area contributed by atoms with E-state index in [4.69, 9.17) is 23.1 Å². The third kappa shape index (κ3) is 2.24. The molecule has 0 atom stereocenters. The molecule has 1 amide bonds. The molecule has 0 aliphatic heterocycles. The van der Waals surface area contributed by atoms with Crippen molar-refractivity contribution >= 4 is 23.2 Å². The molecule has 4 heteroatoms. The number of carbonyl (C=O) groups is 1. The molecule has 2 aromatic carbocycles. The van der Waals surface area contributed by atoms with Crippen molar-refractivity contribution in [1.82, 2.24) is 0 Å². The van der Waals surface area contributed by atoms with E-state index in [9.17, 15) is 4.79 Å². The molecule has 0 radical (unpaired) electrons. The second-order valence-corrected chi connectivity index (χ2v) is 4.05. The Kier molecular flexibility index (Phi) is 3.02. The molecule has 0 heterocycles. The van der Waals surface area contributed by atoms with Crippen LogP contribution in [0.3, 0.4) is 0 Å². The first-order chi connectivity index (χ1) is 8.09. The molecule has 4 N–H and O–H groups in total. The minimum atomic E-state index is -0.534. The monoisotopic (exact) mass is 246 g/mol. The van der Waals surface area contributed by atoms with Crippen molar-refractivity contribution in [2.45, 2.75) is 0 Å². The second-order valence-electron chi connectivity index (χ2n) is 3.65. The van der Waals surface area contributed by atoms with Gasteiger partial charge in [0, 0.05) is 16.3 Å². The zero-order valence-corrected chi connectivity index (χ0v) is 9.74. The number of amides is 1. The van der Waals surface area contributed by atoms with E-state index >= 15 is 0 Å². The van der Waals surface area contributed by atoms with Gasteiger partial charge in [-0.1, -0.05) is 35.9 Å². The summed E-state index contributed by atoms with van der Waals surface area (Å²) in [7, 11) is 0. The Balaban J connectivity index is 2.52. The van der Waals surface area contributed by atoms with Gasteiger partial charge in [0.1, 0.15) is 0 Å². The van der Waals surface area contributed by atoms with E-state index in [1.165, 1.54) is 0 Å². The van der Waals surface area contributed by atoms with Gasteiger partial charge < -0.3 is 11.5 Å². The third-order valence-electron chi connectivity index (χ3n) is 2.50. The number of primary amides is 1. The van der Waals surface area contributed by atoms with Gasteiger partial charge in [0.25, 0.3) is 5.91 Å². The number of nitrogens with two attached hydrogens (primary N) is 2. The normalized spacial score (nSPS) is 10.2. The molecule has 0 saturated carbocycles. The first-order valence-electron chi connectivity index (χ1n) is 5.04. The van der Waals surface area contributed by atoms with Crippen LogP contribution in [0.4, 0.5) is 5.69 Å². The molecule has 0 unspecified atom stereocenters. The minimum Gasteiger partial charge on any atom is -0.398 e. The molecule has 2 rings (SSSR count). The highest BCUT2D eigenvalue weighted by molar-refractivity contribution is 6.33. The molecule has 0 saturated heterocycles. The van der Waals surface area contributed by atoms with Crippen LogP contribution in [0.5, 0.6) is 0 Å². The molecule has 0 fully saturated rings. The van der Waals surface area contributed by atoms with Crippen LogP contribution in [0, 0.1) is 0 Å². The molecule has 0 aliphatic rings. The highest BCUT2D eigenvalue weighted by Gasteiger charge is 2.08. The maximum absolute atomic E-state index is 11.1. The van der Waals surface area contributed by atoms with Crippen LogP contribution in [0.25, 0.3) is 11.1 Å². The molecule has 0 bridgehead atoms. The van der Waals surface area contributed by atoms with Crippen molar-refractivity contribution in [3.05, 3.63) is 53.1 Å². The van der Waals surface area contributed by atoms with Crippen LogP contribution in [0.2, 0.25) is 5.02 Å². The molecule has 17 heavy (non-hydrogen) atoms. The van der Waals surface area contributed by atoms with Crippen LogP contribution < -0.4 is 11.5 Å². The molecule has 0 aromatic heterocycles. The van der Waals surface area contributed by atoms with Crippen molar-refractivity contribution in [1.29, 1.82) is 0 Å². The molecule has 0 aliphatic carbocycles. The van der Waals surface area contributed by atoms with E-state index in [-0.39, 0.29) is 0 Å². The van der Waals surface area contributed by atoms with Gasteiger partial charge in [-0.25, -0.2) is 0 Å². The van der Waals surface area contributed by atoms with E-state index in [0.29, 0.717) is 16.3 Å². The topological polar surface area (TPSA) is 69.1 Å². The van der Waals surface area contributed by atoms with Crippen molar-refractivity contribution in [2.75, 3.05) is 5.73 Å². The quantitative estimate of drug-likeness (QED) is 0.800. The average Bonchev–Trinajstić information content (AvgIpc) is 2.29. The van der Waals surface area contributed by atoms with Gasteiger partial charge in [-0.05, 0) is 23.8 Å². The van der Waals surface area contributed by atoms with Crippen molar-refractivity contribution < 1.29 is 4.79 Å². The van der Waals surface area contributed by atoms with Crippen LogP contribution in [0.15, 0.2) is 42.5 Å². The lowest BCUT2D eigenvalue weighted by molar-refractivity contribution is 0.100. The fourth-order valence-corrected chi connectivity index (χ4v) is 1.89. The summed E-state index contributed by atoms with van der Waals surface area (Å²) in [6, 6.07) is 12.5. The Bertz CT molecular complexity index is 581. The van der Waals surface area contributed by atoms with Crippen LogP contribution in [-0.4, -0.2) is 5.91 Å². The Morgan fingerprint density at radius 1 is 1.12 bits per heavy atom. The number of benzene rings is 2. The summed E-state index contributed by atoms with van der Waals surface area (Å²) in [5.41, 5.74) is 13.4. The maximum atomic E-state index is 11.1. The Labute approximate surface area is 104 Å². The van der Waals surface area contributed by atoms with Crippen molar-refractivity contribution in [2.24, 2.45) is 5.73 Å². The van der Waals surface area contributed by atoms with Crippen molar-refractivity contribution in [3.8, 4) is 11.1 Å². The van der Waals surface area contributed by atoms with E-state index < -0.39 is 5.91 Å². The fraction of sp³-hybridized carbons (Fsp3) is 0. The van der Waals surface area contributed by atoms with Crippen molar-refractivity contribution in [3.63, 3.8) is 0 Å². The van der Waals surface area contributed by atoms with Crippen LogP contribution >= 0.6 is 11.6 Å². The van der Waals surface area contributed by atoms with Gasteiger partial charge in [-0.15, -0.1) is 0 Å². The average molecular weight is 247 g/mol. The zero-order valence-electron chi connectivity index (χ0n) is 8.98. The van der Waals surface area contributed by atoms with Gasteiger partial charge in [-0.2, -0.15) is 0 Å². The second kappa shape index (κ2) is 4.47. The Hall–Kier alpha value is -2.00. The Morgan fingerprint density at radius 2 is 1.82 bits per heavy atom. The maximum Gasteiger partial charge on any atom is 0.250 e. The fourth-order valence-electron chi connectivity index (χ4n) is 1.65. The number of anilines is 1. The Morgan fingerprint density at radius 3 is 2.41 bits per heavy atom. The summed E-state index contributed by atoms with van der Waals surface area (Å²) >= 11 is 6.08. The van der Waals surface area contributed by atoms with Gasteiger partial charge in [0.2, 0.25) is 0 Å². The summed E-state index contributed by atoms with van der Waals surface area (Å²) in [6.07, 6.45) is 0. The summed E-state index contributed by atoms with van der Waals surface area (Å²) < 4.78 is 0. The number of hydrogen-bond donors (Lipinski definition) is 2. The molecular weight excluding hydrogens is 236 g/mol. The molecule has 86 valence electrons. The number of halogens is 1. The standard InChI is InChI=1S/C13H11ClN2O/c14-11-4-2-1-3-9(11)8-5-6-10(13(16)17)12(15)7-8/h1-7H,15H2,(H2,16,17). The predicted molar refractivity (Wildman–Crippen MR) is 69.8 cm³/mol. The summed E-state index contributed by atoms with van der Waals surface area (Å²) in [5.74, 6) is -0.534. The lowest BCUT2D eigenvalue weighted by Crippen LogP contribution is -2.13. The summed E-state index contributed by atoms with van der Waals surface area (Å²) in [5, 5.41) is 0.638. The first kappa shape index (κ1) is 11.5. The smallest absolute Gasteiger partial charge is 0.250 e. The van der Waals surface area contributed by atoms with Gasteiger partial charge in [0.05, 0.1) is 5.56 Å². The molecule has 3 nitrogen and oxygen atoms in total. The van der Waals surface area contributed by atoms with E-state index in [1.54, 1.807) is 24.3 Å². The van der Waals surface area contributed by atoms with E-state index in [2.05, 4.69) is 0 Å². The number of nitrogen functional groups attached to an aromatic ring is 1. The molecule has 2 aromatic rings. The first-order valence-corrected chi connectivity index (χ1v) is 5.41. The number of carbonyl (C=O) groups excluding carboxylic acids is 1. The SMILES string of the molecule is NC(=O)c1ccc(-c2ccccc2Cl)cc1N. The predicted octanol–water partition coefficient (Wildman–Crippen LogP) is 2.69.